The molecule has 0 fully saturated rings. The van der Waals surface area contributed by atoms with Crippen LogP contribution in [-0.4, -0.2) is 0 Å². The largest absolute Gasteiger partial charge is 0.324 e. The summed E-state index contributed by atoms with van der Waals surface area (Å²) in [5, 5.41) is 0.536. The summed E-state index contributed by atoms with van der Waals surface area (Å²) < 4.78 is 13.3. The minimum atomic E-state index is -0.266. The van der Waals surface area contributed by atoms with E-state index in [0.29, 0.717) is 10.6 Å². The SMILES string of the molecule is CCCCC(N)c1cc(Cl)ccc1F. The number of rotatable bonds is 4. The predicted octanol–water partition coefficient (Wildman–Crippen LogP) is 3.67. The average Bonchev–Trinajstić information content (AvgIpc) is 2.18. The Labute approximate surface area is 89.1 Å². The Morgan fingerprint density at radius 1 is 1.50 bits per heavy atom. The van der Waals surface area contributed by atoms with Gasteiger partial charge in [-0.3, -0.25) is 0 Å². The first kappa shape index (κ1) is 11.5. The third kappa shape index (κ3) is 2.96. The minimum absolute atomic E-state index is 0.242. The molecule has 14 heavy (non-hydrogen) atoms. The number of hydrogen-bond acceptors (Lipinski definition) is 1. The summed E-state index contributed by atoms with van der Waals surface area (Å²) >= 11 is 5.77. The number of unbranched alkanes of at least 4 members (excludes halogenated alkanes) is 1. The highest BCUT2D eigenvalue weighted by Crippen LogP contribution is 2.23. The molecule has 1 nitrogen and oxygen atoms in total. The van der Waals surface area contributed by atoms with Crippen molar-refractivity contribution in [2.24, 2.45) is 5.73 Å². The summed E-state index contributed by atoms with van der Waals surface area (Å²) in [6.07, 6.45) is 2.87. The van der Waals surface area contributed by atoms with E-state index in [9.17, 15) is 4.39 Å². The Kier molecular flexibility index (Phi) is 4.36. The van der Waals surface area contributed by atoms with E-state index in [2.05, 4.69) is 6.92 Å². The van der Waals surface area contributed by atoms with Gasteiger partial charge in [0.1, 0.15) is 5.82 Å². The van der Waals surface area contributed by atoms with Crippen LogP contribution in [0, 0.1) is 5.82 Å². The lowest BCUT2D eigenvalue weighted by atomic mass is 10.0. The molecule has 1 unspecified atom stereocenters. The first-order chi connectivity index (χ1) is 6.65. The van der Waals surface area contributed by atoms with Crippen molar-refractivity contribution < 1.29 is 4.39 Å². The second kappa shape index (κ2) is 5.32. The molecule has 0 saturated heterocycles. The van der Waals surface area contributed by atoms with E-state index in [1.807, 2.05) is 0 Å². The lowest BCUT2D eigenvalue weighted by molar-refractivity contribution is 0.548. The normalized spacial score (nSPS) is 12.9. The summed E-state index contributed by atoms with van der Waals surface area (Å²) in [6, 6.07) is 4.27. The molecule has 0 spiro atoms. The van der Waals surface area contributed by atoms with Gasteiger partial charge < -0.3 is 5.73 Å². The maximum absolute atomic E-state index is 13.3. The molecule has 0 aliphatic carbocycles. The smallest absolute Gasteiger partial charge is 0.128 e. The van der Waals surface area contributed by atoms with E-state index in [-0.39, 0.29) is 11.9 Å². The molecule has 78 valence electrons. The van der Waals surface area contributed by atoms with Gasteiger partial charge >= 0.3 is 0 Å². The van der Waals surface area contributed by atoms with Gasteiger partial charge in [-0.05, 0) is 24.6 Å². The van der Waals surface area contributed by atoms with Gasteiger partial charge in [0, 0.05) is 16.6 Å². The molecule has 1 atom stereocenters. The fourth-order valence-electron chi connectivity index (χ4n) is 1.38. The van der Waals surface area contributed by atoms with Crippen LogP contribution >= 0.6 is 11.6 Å². The molecule has 0 radical (unpaired) electrons. The van der Waals surface area contributed by atoms with Gasteiger partial charge in [0.15, 0.2) is 0 Å². The van der Waals surface area contributed by atoms with E-state index >= 15 is 0 Å². The van der Waals surface area contributed by atoms with Gasteiger partial charge in [0.25, 0.3) is 0 Å². The van der Waals surface area contributed by atoms with Crippen molar-refractivity contribution >= 4 is 11.6 Å². The molecule has 3 heteroatoms. The minimum Gasteiger partial charge on any atom is -0.324 e. The summed E-state index contributed by atoms with van der Waals surface area (Å²) in [7, 11) is 0. The summed E-state index contributed by atoms with van der Waals surface area (Å²) in [5.74, 6) is -0.266. The third-order valence-electron chi connectivity index (χ3n) is 2.23. The topological polar surface area (TPSA) is 26.0 Å². The Balaban J connectivity index is 2.77. The number of halogens is 2. The van der Waals surface area contributed by atoms with Crippen molar-refractivity contribution in [1.29, 1.82) is 0 Å². The van der Waals surface area contributed by atoms with E-state index in [1.54, 1.807) is 6.07 Å². The van der Waals surface area contributed by atoms with Gasteiger partial charge in [-0.25, -0.2) is 4.39 Å². The quantitative estimate of drug-likeness (QED) is 0.815. The molecule has 0 bridgehead atoms. The lowest BCUT2D eigenvalue weighted by Gasteiger charge is -2.12. The van der Waals surface area contributed by atoms with Crippen molar-refractivity contribution in [2.45, 2.75) is 32.2 Å². The second-order valence-corrected chi connectivity index (χ2v) is 3.85. The highest BCUT2D eigenvalue weighted by Gasteiger charge is 2.10. The van der Waals surface area contributed by atoms with E-state index in [0.717, 1.165) is 19.3 Å². The van der Waals surface area contributed by atoms with Gasteiger partial charge in [-0.15, -0.1) is 0 Å². The Morgan fingerprint density at radius 3 is 2.86 bits per heavy atom. The zero-order valence-electron chi connectivity index (χ0n) is 8.26. The Bertz CT molecular complexity index is 301. The number of nitrogens with two attached hydrogens (primary N) is 1. The van der Waals surface area contributed by atoms with Crippen LogP contribution in [0.2, 0.25) is 5.02 Å². The average molecular weight is 216 g/mol. The Hall–Kier alpha value is -0.600. The molecule has 1 aromatic carbocycles. The summed E-state index contributed by atoms with van der Waals surface area (Å²) in [6.45, 7) is 2.08. The fourth-order valence-corrected chi connectivity index (χ4v) is 1.56. The first-order valence-electron chi connectivity index (χ1n) is 4.85. The molecule has 0 amide bonds. The van der Waals surface area contributed by atoms with Crippen LogP contribution in [0.15, 0.2) is 18.2 Å². The molecular weight excluding hydrogens is 201 g/mol. The van der Waals surface area contributed by atoms with Crippen molar-refractivity contribution in [3.8, 4) is 0 Å². The molecule has 0 aliphatic rings. The monoisotopic (exact) mass is 215 g/mol. The van der Waals surface area contributed by atoms with Gasteiger partial charge in [-0.1, -0.05) is 31.4 Å². The standard InChI is InChI=1S/C11H15ClFN/c1-2-3-4-11(14)9-7-8(12)5-6-10(9)13/h5-7,11H,2-4,14H2,1H3. The fraction of sp³-hybridized carbons (Fsp3) is 0.455. The van der Waals surface area contributed by atoms with Crippen molar-refractivity contribution in [2.75, 3.05) is 0 Å². The molecule has 0 aliphatic heterocycles. The van der Waals surface area contributed by atoms with E-state index in [4.69, 9.17) is 17.3 Å². The van der Waals surface area contributed by atoms with Crippen LogP contribution in [-0.2, 0) is 0 Å². The number of hydrogen-bond donors (Lipinski definition) is 1. The van der Waals surface area contributed by atoms with Crippen LogP contribution in [0.1, 0.15) is 37.8 Å². The molecule has 0 saturated carbocycles. The molecule has 1 rings (SSSR count). The van der Waals surface area contributed by atoms with Gasteiger partial charge in [0.2, 0.25) is 0 Å². The highest BCUT2D eigenvalue weighted by atomic mass is 35.5. The molecule has 2 N–H and O–H groups in total. The lowest BCUT2D eigenvalue weighted by Crippen LogP contribution is -2.11. The van der Waals surface area contributed by atoms with Crippen molar-refractivity contribution in [3.63, 3.8) is 0 Å². The number of benzene rings is 1. The van der Waals surface area contributed by atoms with Crippen LogP contribution in [0.4, 0.5) is 4.39 Å². The van der Waals surface area contributed by atoms with Gasteiger partial charge in [-0.2, -0.15) is 0 Å². The summed E-state index contributed by atoms with van der Waals surface area (Å²) in [5.41, 5.74) is 6.37. The van der Waals surface area contributed by atoms with E-state index < -0.39 is 0 Å². The second-order valence-electron chi connectivity index (χ2n) is 3.41. The molecule has 0 aromatic heterocycles. The van der Waals surface area contributed by atoms with Crippen LogP contribution in [0.25, 0.3) is 0 Å². The van der Waals surface area contributed by atoms with E-state index in [1.165, 1.54) is 12.1 Å². The molecule has 0 heterocycles. The van der Waals surface area contributed by atoms with Crippen molar-refractivity contribution in [1.82, 2.24) is 0 Å². The van der Waals surface area contributed by atoms with Crippen LogP contribution in [0.3, 0.4) is 0 Å². The van der Waals surface area contributed by atoms with Crippen LogP contribution in [0.5, 0.6) is 0 Å². The molecular formula is C11H15ClFN. The summed E-state index contributed by atoms with van der Waals surface area (Å²) in [4.78, 5) is 0. The van der Waals surface area contributed by atoms with Crippen molar-refractivity contribution in [3.05, 3.63) is 34.6 Å². The van der Waals surface area contributed by atoms with Gasteiger partial charge in [0.05, 0.1) is 0 Å². The maximum atomic E-state index is 13.3. The third-order valence-corrected chi connectivity index (χ3v) is 2.46. The highest BCUT2D eigenvalue weighted by molar-refractivity contribution is 6.30. The zero-order valence-corrected chi connectivity index (χ0v) is 9.02. The Morgan fingerprint density at radius 2 is 2.21 bits per heavy atom. The predicted molar refractivity (Wildman–Crippen MR) is 57.9 cm³/mol. The maximum Gasteiger partial charge on any atom is 0.128 e. The zero-order chi connectivity index (χ0) is 10.6. The van der Waals surface area contributed by atoms with Crippen LogP contribution < -0.4 is 5.73 Å². The first-order valence-corrected chi connectivity index (χ1v) is 5.23. The molecule has 1 aromatic rings.